The Hall–Kier alpha value is -6.06. The minimum Gasteiger partial charge on any atom is -0.497 e. The van der Waals surface area contributed by atoms with Gasteiger partial charge in [-0.05, 0) is 35.4 Å². The van der Waals surface area contributed by atoms with Crippen LogP contribution in [0.1, 0.15) is 39.4 Å². The molecule has 0 saturated carbocycles. The third kappa shape index (κ3) is 4.65. The molecule has 2 aliphatic rings. The first kappa shape index (κ1) is 31.2. The van der Waals surface area contributed by atoms with Crippen molar-refractivity contribution < 1.29 is 28.8 Å². The molecule has 2 N–H and O–H groups in total. The van der Waals surface area contributed by atoms with Crippen LogP contribution in [-0.4, -0.2) is 36.4 Å². The Morgan fingerprint density at radius 2 is 1.50 bits per heavy atom. The Morgan fingerprint density at radius 3 is 2.20 bits per heavy atom. The molecular weight excluding hydrogens is 632 g/mol. The van der Waals surface area contributed by atoms with E-state index < -0.39 is 22.7 Å². The van der Waals surface area contributed by atoms with Crippen LogP contribution in [0, 0.1) is 0 Å². The van der Waals surface area contributed by atoms with E-state index in [0.717, 1.165) is 11.1 Å². The van der Waals surface area contributed by atoms with Crippen LogP contribution in [0.4, 0.5) is 0 Å². The molecule has 5 aromatic carbocycles. The first-order chi connectivity index (χ1) is 24.4. The summed E-state index contributed by atoms with van der Waals surface area (Å²) in [5, 5.41) is 13.6. The van der Waals surface area contributed by atoms with Crippen molar-refractivity contribution in [2.24, 2.45) is 0 Å². The summed E-state index contributed by atoms with van der Waals surface area (Å²) < 4.78 is 30.1. The van der Waals surface area contributed by atoms with Crippen LogP contribution in [0.15, 0.2) is 126 Å². The fraction of sp³-hybridized carbons (Fsp3) is 0.171. The quantitative estimate of drug-likeness (QED) is 0.175. The summed E-state index contributed by atoms with van der Waals surface area (Å²) in [6, 6.07) is 37.5. The number of rotatable bonds is 9. The van der Waals surface area contributed by atoms with Crippen LogP contribution in [-0.2, 0) is 17.8 Å². The van der Waals surface area contributed by atoms with E-state index >= 15 is 0 Å². The Labute approximate surface area is 288 Å². The third-order valence-corrected chi connectivity index (χ3v) is 9.67. The first-order valence-corrected chi connectivity index (χ1v) is 16.2. The highest BCUT2D eigenvalue weighted by molar-refractivity contribution is 5.70. The van der Waals surface area contributed by atoms with Crippen molar-refractivity contribution in [3.05, 3.63) is 165 Å². The predicted molar refractivity (Wildman–Crippen MR) is 187 cm³/mol. The normalized spacial score (nSPS) is 19.9. The van der Waals surface area contributed by atoms with Gasteiger partial charge in [-0.15, -0.1) is 0 Å². The van der Waals surface area contributed by atoms with Gasteiger partial charge in [0, 0.05) is 23.3 Å². The fourth-order valence-electron chi connectivity index (χ4n) is 7.44. The SMILES string of the molecule is COc1ccc([C@@]23Oc4cc(OC)cc(OC)c4[C@]2(O)c2nc(-c4cccc(OCc5ccccc5)c4)[nH]c(=O)c2[C@H]3c2ccccc2)cc1. The van der Waals surface area contributed by atoms with Crippen molar-refractivity contribution in [3.63, 3.8) is 0 Å². The first-order valence-electron chi connectivity index (χ1n) is 16.2. The van der Waals surface area contributed by atoms with E-state index in [-0.39, 0.29) is 11.5 Å². The maximum atomic E-state index is 14.5. The van der Waals surface area contributed by atoms with Gasteiger partial charge in [-0.2, -0.15) is 0 Å². The molecule has 9 nitrogen and oxygen atoms in total. The molecule has 3 atom stereocenters. The Kier molecular flexibility index (Phi) is 7.57. The molecule has 1 aliphatic carbocycles. The van der Waals surface area contributed by atoms with Crippen LogP contribution in [0.5, 0.6) is 28.7 Å². The Morgan fingerprint density at radius 1 is 0.780 bits per heavy atom. The molecular formula is C41H34N2O7. The molecule has 50 heavy (non-hydrogen) atoms. The number of benzene rings is 5. The molecule has 0 unspecified atom stereocenters. The van der Waals surface area contributed by atoms with Crippen LogP contribution >= 0.6 is 0 Å². The number of fused-ring (bicyclic) bond motifs is 5. The summed E-state index contributed by atoms with van der Waals surface area (Å²) in [5.41, 5.74) is -0.189. The highest BCUT2D eigenvalue weighted by Gasteiger charge is 2.73. The number of nitrogens with zero attached hydrogens (tertiary/aromatic N) is 1. The van der Waals surface area contributed by atoms with E-state index in [2.05, 4.69) is 4.98 Å². The molecule has 0 bridgehead atoms. The van der Waals surface area contributed by atoms with Crippen molar-refractivity contribution in [1.29, 1.82) is 0 Å². The standard InChI is InChI=1S/C41H34N2O7/c1-46-29-19-17-28(18-20-29)41-35(26-13-8-5-9-14-26)34-37(40(41,45)36-32(48-3)22-31(47-2)23-33(36)50-41)42-38(43-39(34)44)27-15-10-16-30(21-27)49-24-25-11-6-4-7-12-25/h4-23,35,45H,24H2,1-3H3,(H,42,43,44)/t35-,40+,41+/m1/s1. The predicted octanol–water partition coefficient (Wildman–Crippen LogP) is 6.71. The van der Waals surface area contributed by atoms with Gasteiger partial charge in [-0.25, -0.2) is 4.98 Å². The zero-order chi connectivity index (χ0) is 34.5. The molecule has 0 saturated heterocycles. The fourth-order valence-corrected chi connectivity index (χ4v) is 7.44. The lowest BCUT2D eigenvalue weighted by Gasteiger charge is -2.40. The molecule has 0 spiro atoms. The van der Waals surface area contributed by atoms with Crippen molar-refractivity contribution in [2.45, 2.75) is 23.7 Å². The van der Waals surface area contributed by atoms with Gasteiger partial charge in [0.2, 0.25) is 0 Å². The maximum absolute atomic E-state index is 14.5. The highest BCUT2D eigenvalue weighted by Crippen LogP contribution is 2.69. The molecule has 9 heteroatoms. The number of methoxy groups -OCH3 is 3. The summed E-state index contributed by atoms with van der Waals surface area (Å²) >= 11 is 0. The molecule has 1 aliphatic heterocycles. The number of ether oxygens (including phenoxy) is 5. The summed E-state index contributed by atoms with van der Waals surface area (Å²) in [4.78, 5) is 22.7. The zero-order valence-corrected chi connectivity index (χ0v) is 27.7. The van der Waals surface area contributed by atoms with Crippen molar-refractivity contribution >= 4 is 0 Å². The second kappa shape index (κ2) is 12.1. The van der Waals surface area contributed by atoms with Gasteiger partial charge in [-0.3, -0.25) is 4.79 Å². The number of H-pyrrole nitrogens is 1. The zero-order valence-electron chi connectivity index (χ0n) is 27.7. The highest BCUT2D eigenvalue weighted by atomic mass is 16.5. The second-order valence-electron chi connectivity index (χ2n) is 12.3. The molecule has 8 rings (SSSR count). The largest absolute Gasteiger partial charge is 0.497 e. The third-order valence-electron chi connectivity index (χ3n) is 9.67. The van der Waals surface area contributed by atoms with E-state index in [1.54, 1.807) is 26.4 Å². The number of aromatic amines is 1. The van der Waals surface area contributed by atoms with E-state index in [4.69, 9.17) is 28.7 Å². The van der Waals surface area contributed by atoms with Crippen LogP contribution in [0.25, 0.3) is 11.4 Å². The number of hydrogen-bond acceptors (Lipinski definition) is 8. The van der Waals surface area contributed by atoms with E-state index in [1.165, 1.54) is 7.11 Å². The molecule has 0 radical (unpaired) electrons. The van der Waals surface area contributed by atoms with Crippen molar-refractivity contribution in [2.75, 3.05) is 21.3 Å². The molecule has 0 fully saturated rings. The van der Waals surface area contributed by atoms with Crippen molar-refractivity contribution in [3.8, 4) is 40.1 Å². The number of nitrogens with one attached hydrogen (secondary N) is 1. The maximum Gasteiger partial charge on any atom is 0.255 e. The van der Waals surface area contributed by atoms with Crippen molar-refractivity contribution in [1.82, 2.24) is 9.97 Å². The lowest BCUT2D eigenvalue weighted by atomic mass is 9.70. The average molecular weight is 667 g/mol. The monoisotopic (exact) mass is 666 g/mol. The van der Waals surface area contributed by atoms with Gasteiger partial charge in [0.05, 0.1) is 44.1 Å². The number of hydrogen-bond donors (Lipinski definition) is 2. The minimum absolute atomic E-state index is 0.166. The minimum atomic E-state index is -2.01. The van der Waals surface area contributed by atoms with Crippen LogP contribution < -0.4 is 29.2 Å². The van der Waals surface area contributed by atoms with E-state index in [0.29, 0.717) is 57.6 Å². The van der Waals surface area contributed by atoms with Gasteiger partial charge >= 0.3 is 0 Å². The smallest absolute Gasteiger partial charge is 0.255 e. The van der Waals surface area contributed by atoms with E-state index in [1.807, 2.05) is 109 Å². The van der Waals surface area contributed by atoms with Gasteiger partial charge < -0.3 is 33.8 Å². The average Bonchev–Trinajstić information content (AvgIpc) is 3.56. The molecule has 2 heterocycles. The van der Waals surface area contributed by atoms with Crippen LogP contribution in [0.3, 0.4) is 0 Å². The number of aromatic nitrogens is 2. The summed E-state index contributed by atoms with van der Waals surface area (Å²) in [6.07, 6.45) is 0. The second-order valence-corrected chi connectivity index (χ2v) is 12.3. The summed E-state index contributed by atoms with van der Waals surface area (Å²) in [5.74, 6) is 1.87. The lowest BCUT2D eigenvalue weighted by molar-refractivity contribution is -0.0909. The summed E-state index contributed by atoms with van der Waals surface area (Å²) in [7, 11) is 4.67. The molecule has 250 valence electrons. The molecule has 6 aromatic rings. The van der Waals surface area contributed by atoms with Gasteiger partial charge in [0.1, 0.15) is 41.2 Å². The Bertz CT molecular complexity index is 2260. The molecule has 1 aromatic heterocycles. The van der Waals surface area contributed by atoms with Gasteiger partial charge in [0.25, 0.3) is 5.56 Å². The number of aliphatic hydroxyl groups is 1. The van der Waals surface area contributed by atoms with Gasteiger partial charge in [-0.1, -0.05) is 84.9 Å². The van der Waals surface area contributed by atoms with Gasteiger partial charge in [0.15, 0.2) is 11.2 Å². The molecule has 0 amide bonds. The van der Waals surface area contributed by atoms with E-state index in [9.17, 15) is 9.90 Å². The summed E-state index contributed by atoms with van der Waals surface area (Å²) in [6.45, 7) is 0.374. The van der Waals surface area contributed by atoms with Crippen LogP contribution in [0.2, 0.25) is 0 Å². The Balaban J connectivity index is 1.38. The lowest BCUT2D eigenvalue weighted by Crippen LogP contribution is -2.49. The topological polar surface area (TPSA) is 112 Å².